The van der Waals surface area contributed by atoms with E-state index in [1.807, 2.05) is 12.7 Å². The highest BCUT2D eigenvalue weighted by Crippen LogP contribution is 2.35. The predicted octanol–water partition coefficient (Wildman–Crippen LogP) is 3.73. The van der Waals surface area contributed by atoms with Crippen molar-refractivity contribution in [3.05, 3.63) is 35.4 Å². The number of rotatable bonds is 4. The molecule has 1 unspecified atom stereocenters. The lowest BCUT2D eigenvalue weighted by molar-refractivity contribution is 0.167. The van der Waals surface area contributed by atoms with Crippen LogP contribution in [0.15, 0.2) is 24.3 Å². The molecule has 0 N–H and O–H groups in total. The van der Waals surface area contributed by atoms with Gasteiger partial charge >= 0.3 is 0 Å². The first-order chi connectivity index (χ1) is 6.18. The normalized spacial score (nSPS) is 12.8. The van der Waals surface area contributed by atoms with Crippen LogP contribution >= 0.6 is 18.5 Å². The van der Waals surface area contributed by atoms with Gasteiger partial charge in [0.05, 0.1) is 13.0 Å². The van der Waals surface area contributed by atoms with Crippen LogP contribution in [0.3, 0.4) is 0 Å². The highest BCUT2D eigenvalue weighted by Gasteiger charge is 1.96. The average Bonchev–Trinajstić information content (AvgIpc) is 2.03. The summed E-state index contributed by atoms with van der Waals surface area (Å²) >= 11 is 5.82. The lowest BCUT2D eigenvalue weighted by Crippen LogP contribution is -1.92. The van der Waals surface area contributed by atoms with Crippen molar-refractivity contribution in [3.63, 3.8) is 0 Å². The third kappa shape index (κ3) is 4.61. The predicted molar refractivity (Wildman–Crippen MR) is 59.5 cm³/mol. The second-order valence-electron chi connectivity index (χ2n) is 3.07. The van der Waals surface area contributed by atoms with E-state index in [4.69, 9.17) is 16.0 Å². The van der Waals surface area contributed by atoms with Gasteiger partial charge < -0.3 is 4.74 Å². The van der Waals surface area contributed by atoms with Crippen LogP contribution in [0.2, 0.25) is 0 Å². The number of hydrogen-bond acceptors (Lipinski definition) is 1. The van der Waals surface area contributed by atoms with Crippen LogP contribution in [0.25, 0.3) is 0 Å². The van der Waals surface area contributed by atoms with Crippen LogP contribution < -0.4 is 0 Å². The first-order valence-electron chi connectivity index (χ1n) is 4.18. The second kappa shape index (κ2) is 5.59. The molecule has 72 valence electrons. The summed E-state index contributed by atoms with van der Waals surface area (Å²) in [7, 11) is -0.454. The molecule has 0 fully saturated rings. The fourth-order valence-electron chi connectivity index (χ4n) is 1.09. The van der Waals surface area contributed by atoms with Crippen molar-refractivity contribution >= 4 is 18.5 Å². The van der Waals surface area contributed by atoms with Crippen LogP contribution in [-0.4, -0.2) is 13.0 Å². The van der Waals surface area contributed by atoms with E-state index >= 15 is 0 Å². The van der Waals surface area contributed by atoms with Crippen LogP contribution in [0.1, 0.15) is 11.1 Å². The minimum Gasteiger partial charge on any atom is -0.371 e. The third-order valence-electron chi connectivity index (χ3n) is 1.62. The molecule has 1 aromatic carbocycles. The van der Waals surface area contributed by atoms with Crippen LogP contribution in [0, 0.1) is 6.92 Å². The van der Waals surface area contributed by atoms with Gasteiger partial charge in [-0.15, -0.1) is 0 Å². The zero-order chi connectivity index (χ0) is 9.68. The number of aryl methyl sites for hydroxylation is 1. The Labute approximate surface area is 85.6 Å². The Balaban J connectivity index is 2.37. The molecule has 13 heavy (non-hydrogen) atoms. The van der Waals surface area contributed by atoms with E-state index in [-0.39, 0.29) is 0 Å². The van der Waals surface area contributed by atoms with Crippen molar-refractivity contribution in [2.45, 2.75) is 13.5 Å². The molecule has 0 aliphatic rings. The fraction of sp³-hybridized carbons (Fsp3) is 0.400. The van der Waals surface area contributed by atoms with E-state index in [0.717, 1.165) is 0 Å². The molecule has 0 aromatic heterocycles. The van der Waals surface area contributed by atoms with Gasteiger partial charge in [-0.1, -0.05) is 41.1 Å². The summed E-state index contributed by atoms with van der Waals surface area (Å²) < 4.78 is 5.43. The molecule has 0 spiro atoms. The van der Waals surface area contributed by atoms with E-state index in [1.54, 1.807) is 0 Å². The summed E-state index contributed by atoms with van der Waals surface area (Å²) in [6, 6.07) is 8.33. The molecule has 1 nitrogen and oxygen atoms in total. The van der Waals surface area contributed by atoms with Crippen molar-refractivity contribution < 1.29 is 4.74 Å². The Kier molecular flexibility index (Phi) is 4.72. The van der Waals surface area contributed by atoms with Gasteiger partial charge in [-0.2, -0.15) is 0 Å². The zero-order valence-corrected chi connectivity index (χ0v) is 9.61. The third-order valence-corrected chi connectivity index (χ3v) is 2.45. The largest absolute Gasteiger partial charge is 0.371 e. The van der Waals surface area contributed by atoms with Crippen LogP contribution in [0.4, 0.5) is 0 Å². The molecule has 0 amide bonds. The van der Waals surface area contributed by atoms with E-state index in [2.05, 4.69) is 25.1 Å². The first kappa shape index (κ1) is 11.0. The van der Waals surface area contributed by atoms with E-state index in [0.29, 0.717) is 13.0 Å². The highest BCUT2D eigenvalue weighted by molar-refractivity contribution is 7.83. The molecule has 0 heterocycles. The Hall–Kier alpha value is -0.100. The molecule has 0 aliphatic heterocycles. The van der Waals surface area contributed by atoms with Crippen LogP contribution in [0.5, 0.6) is 0 Å². The van der Waals surface area contributed by atoms with Gasteiger partial charge in [0, 0.05) is 7.27 Å². The van der Waals surface area contributed by atoms with Gasteiger partial charge in [0.2, 0.25) is 0 Å². The lowest BCUT2D eigenvalue weighted by Gasteiger charge is -2.05. The highest BCUT2D eigenvalue weighted by atomic mass is 35.7. The Bertz CT molecular complexity index is 263. The minimum atomic E-state index is -0.454. The molecule has 3 heteroatoms. The van der Waals surface area contributed by atoms with Crippen molar-refractivity contribution in [1.82, 2.24) is 0 Å². The monoisotopic (exact) mass is 216 g/mol. The molecule has 1 atom stereocenters. The topological polar surface area (TPSA) is 9.23 Å². The van der Waals surface area contributed by atoms with E-state index in [1.165, 1.54) is 11.1 Å². The molecule has 0 saturated carbocycles. The standard InChI is InChI=1S/C10H14ClOP/c1-9-4-3-5-10(6-9)7-12-8-13(2)11/h3-6H,7-8H2,1-2H3. The van der Waals surface area contributed by atoms with Crippen LogP contribution in [-0.2, 0) is 11.3 Å². The summed E-state index contributed by atoms with van der Waals surface area (Å²) in [5.74, 6) is 0. The van der Waals surface area contributed by atoms with Gasteiger partial charge in [-0.25, -0.2) is 0 Å². The average molecular weight is 217 g/mol. The maximum absolute atomic E-state index is 5.82. The zero-order valence-electron chi connectivity index (χ0n) is 7.96. The van der Waals surface area contributed by atoms with Gasteiger partial charge in [0.1, 0.15) is 0 Å². The molecule has 0 aliphatic carbocycles. The van der Waals surface area contributed by atoms with Gasteiger partial charge in [-0.3, -0.25) is 0 Å². The fourth-order valence-corrected chi connectivity index (χ4v) is 1.64. The molecule has 1 aromatic rings. The SMILES string of the molecule is Cc1cccc(COCP(C)Cl)c1. The smallest absolute Gasteiger partial charge is 0.0804 e. The molecule has 0 saturated heterocycles. The minimum absolute atomic E-state index is 0.454. The number of halogens is 1. The lowest BCUT2D eigenvalue weighted by atomic mass is 10.1. The van der Waals surface area contributed by atoms with Gasteiger partial charge in [0.15, 0.2) is 0 Å². The van der Waals surface area contributed by atoms with Gasteiger partial charge in [0.25, 0.3) is 0 Å². The molecular weight excluding hydrogens is 203 g/mol. The number of benzene rings is 1. The Morgan fingerprint density at radius 3 is 2.85 bits per heavy atom. The number of ether oxygens (including phenoxy) is 1. The molecule has 1 rings (SSSR count). The molecular formula is C10H14ClOP. The maximum Gasteiger partial charge on any atom is 0.0804 e. The number of hydrogen-bond donors (Lipinski definition) is 0. The second-order valence-corrected chi connectivity index (χ2v) is 6.27. The van der Waals surface area contributed by atoms with E-state index < -0.39 is 7.27 Å². The summed E-state index contributed by atoms with van der Waals surface area (Å²) in [6.07, 6.45) is 0.671. The quantitative estimate of drug-likeness (QED) is 0.697. The Morgan fingerprint density at radius 2 is 2.23 bits per heavy atom. The summed E-state index contributed by atoms with van der Waals surface area (Å²) in [5.41, 5.74) is 2.49. The molecule has 0 bridgehead atoms. The van der Waals surface area contributed by atoms with Crippen molar-refractivity contribution in [3.8, 4) is 0 Å². The van der Waals surface area contributed by atoms with E-state index in [9.17, 15) is 0 Å². The van der Waals surface area contributed by atoms with Crippen molar-refractivity contribution in [2.24, 2.45) is 0 Å². The van der Waals surface area contributed by atoms with Gasteiger partial charge in [-0.05, 0) is 19.2 Å². The summed E-state index contributed by atoms with van der Waals surface area (Å²) in [5, 5.41) is 0. The maximum atomic E-state index is 5.82. The van der Waals surface area contributed by atoms with Crippen molar-refractivity contribution in [1.29, 1.82) is 0 Å². The summed E-state index contributed by atoms with van der Waals surface area (Å²) in [4.78, 5) is 0. The first-order valence-corrected chi connectivity index (χ1v) is 7.06. The Morgan fingerprint density at radius 1 is 1.46 bits per heavy atom. The van der Waals surface area contributed by atoms with Crippen molar-refractivity contribution in [2.75, 3.05) is 13.0 Å². The molecule has 0 radical (unpaired) electrons. The summed E-state index contributed by atoms with van der Waals surface area (Å²) in [6.45, 7) is 4.74.